The largest absolute Gasteiger partial charge is 0.369 e. The van der Waals surface area contributed by atoms with E-state index >= 15 is 0 Å². The van der Waals surface area contributed by atoms with Crippen molar-refractivity contribution in [2.75, 3.05) is 6.54 Å². The molecule has 6 heteroatoms. The maximum absolute atomic E-state index is 11.2. The van der Waals surface area contributed by atoms with Gasteiger partial charge in [0.05, 0.1) is 0 Å². The molecule has 0 aromatic heterocycles. The molecule has 1 saturated heterocycles. The van der Waals surface area contributed by atoms with Crippen molar-refractivity contribution < 1.29 is 9.59 Å². The number of primary amides is 1. The summed E-state index contributed by atoms with van der Waals surface area (Å²) < 4.78 is 0. The molecular weight excluding hydrogens is 218 g/mol. The highest BCUT2D eigenvalue weighted by atomic mass is 35.5. The van der Waals surface area contributed by atoms with E-state index in [9.17, 15) is 9.59 Å². The normalized spacial score (nSPS) is 25.1. The number of carbonyl (C=O) groups excluding carboxylic acids is 2. The molecule has 88 valence electrons. The van der Waals surface area contributed by atoms with Gasteiger partial charge in [-0.15, -0.1) is 12.4 Å². The van der Waals surface area contributed by atoms with Gasteiger partial charge in [0.2, 0.25) is 11.8 Å². The van der Waals surface area contributed by atoms with Gasteiger partial charge in [0.25, 0.3) is 0 Å². The SMILES string of the molecule is CC1NCCCC1NC(=O)CC(N)=O.Cl. The van der Waals surface area contributed by atoms with Crippen molar-refractivity contribution in [1.82, 2.24) is 10.6 Å². The van der Waals surface area contributed by atoms with E-state index in [1.807, 2.05) is 6.92 Å². The molecule has 1 rings (SSSR count). The fourth-order valence-electron chi connectivity index (χ4n) is 1.66. The van der Waals surface area contributed by atoms with Gasteiger partial charge in [0.1, 0.15) is 6.42 Å². The number of nitrogens with one attached hydrogen (secondary N) is 2. The van der Waals surface area contributed by atoms with E-state index in [-0.39, 0.29) is 36.8 Å². The molecule has 0 saturated carbocycles. The van der Waals surface area contributed by atoms with Gasteiger partial charge in [0, 0.05) is 12.1 Å². The first-order valence-corrected chi connectivity index (χ1v) is 4.90. The Morgan fingerprint density at radius 3 is 2.73 bits per heavy atom. The van der Waals surface area contributed by atoms with E-state index in [1.54, 1.807) is 0 Å². The summed E-state index contributed by atoms with van der Waals surface area (Å²) in [6.45, 7) is 3.01. The van der Waals surface area contributed by atoms with Crippen LogP contribution in [0.1, 0.15) is 26.2 Å². The van der Waals surface area contributed by atoms with Crippen LogP contribution in [0, 0.1) is 0 Å². The summed E-state index contributed by atoms with van der Waals surface area (Å²) in [5, 5.41) is 6.06. The van der Waals surface area contributed by atoms with Gasteiger partial charge in [0.15, 0.2) is 0 Å². The lowest BCUT2D eigenvalue weighted by Crippen LogP contribution is -2.52. The molecule has 1 aliphatic rings. The monoisotopic (exact) mass is 235 g/mol. The summed E-state index contributed by atoms with van der Waals surface area (Å²) in [6.07, 6.45) is 1.79. The highest BCUT2D eigenvalue weighted by Crippen LogP contribution is 2.07. The van der Waals surface area contributed by atoms with Crippen molar-refractivity contribution >= 4 is 24.2 Å². The van der Waals surface area contributed by atoms with E-state index in [4.69, 9.17) is 5.73 Å². The first kappa shape index (κ1) is 14.2. The van der Waals surface area contributed by atoms with Crippen LogP contribution in [0.5, 0.6) is 0 Å². The molecule has 1 fully saturated rings. The Morgan fingerprint density at radius 1 is 1.53 bits per heavy atom. The van der Waals surface area contributed by atoms with Crippen LogP contribution >= 0.6 is 12.4 Å². The van der Waals surface area contributed by atoms with Crippen LogP contribution in [-0.4, -0.2) is 30.4 Å². The lowest BCUT2D eigenvalue weighted by molar-refractivity contribution is -0.128. The minimum Gasteiger partial charge on any atom is -0.369 e. The summed E-state index contributed by atoms with van der Waals surface area (Å²) in [5.74, 6) is -0.864. The number of rotatable bonds is 3. The molecule has 2 unspecified atom stereocenters. The number of hydrogen-bond donors (Lipinski definition) is 3. The predicted octanol–water partition coefficient (Wildman–Crippen LogP) is -0.460. The standard InChI is InChI=1S/C9H17N3O2.ClH/c1-6-7(3-2-4-11-6)12-9(14)5-8(10)13;/h6-7,11H,2-5H2,1H3,(H2,10,13)(H,12,14);1H. The molecule has 1 heterocycles. The number of carbonyl (C=O) groups is 2. The maximum atomic E-state index is 11.2. The molecule has 0 aliphatic carbocycles. The summed E-state index contributed by atoms with van der Waals surface area (Å²) in [7, 11) is 0. The lowest BCUT2D eigenvalue weighted by Gasteiger charge is -2.30. The zero-order chi connectivity index (χ0) is 10.6. The van der Waals surface area contributed by atoms with Gasteiger partial charge >= 0.3 is 0 Å². The van der Waals surface area contributed by atoms with Crippen molar-refractivity contribution in [1.29, 1.82) is 0 Å². The minimum atomic E-state index is -0.584. The Hall–Kier alpha value is -0.810. The highest BCUT2D eigenvalue weighted by Gasteiger charge is 2.22. The smallest absolute Gasteiger partial charge is 0.229 e. The Balaban J connectivity index is 0.00000196. The molecule has 0 aromatic carbocycles. The van der Waals surface area contributed by atoms with Crippen LogP contribution < -0.4 is 16.4 Å². The van der Waals surface area contributed by atoms with Crippen molar-refractivity contribution in [3.63, 3.8) is 0 Å². The molecule has 0 spiro atoms. The first-order chi connectivity index (χ1) is 6.59. The van der Waals surface area contributed by atoms with Crippen LogP contribution in [0.15, 0.2) is 0 Å². The van der Waals surface area contributed by atoms with Gasteiger partial charge in [-0.2, -0.15) is 0 Å². The molecule has 4 N–H and O–H groups in total. The number of amides is 2. The molecule has 2 atom stereocenters. The Morgan fingerprint density at radius 2 is 2.20 bits per heavy atom. The summed E-state index contributed by atoms with van der Waals surface area (Å²) in [5.41, 5.74) is 4.92. The summed E-state index contributed by atoms with van der Waals surface area (Å²) in [6, 6.07) is 0.385. The van der Waals surface area contributed by atoms with E-state index < -0.39 is 5.91 Å². The van der Waals surface area contributed by atoms with Gasteiger partial charge in [-0.25, -0.2) is 0 Å². The molecule has 0 bridgehead atoms. The van der Waals surface area contributed by atoms with E-state index in [0.29, 0.717) is 0 Å². The Labute approximate surface area is 95.6 Å². The molecule has 0 aromatic rings. The summed E-state index contributed by atoms with van der Waals surface area (Å²) in [4.78, 5) is 21.7. The topological polar surface area (TPSA) is 84.2 Å². The van der Waals surface area contributed by atoms with Crippen molar-refractivity contribution in [2.45, 2.75) is 38.3 Å². The zero-order valence-corrected chi connectivity index (χ0v) is 9.60. The fraction of sp³-hybridized carbons (Fsp3) is 0.778. The number of nitrogens with two attached hydrogens (primary N) is 1. The molecule has 15 heavy (non-hydrogen) atoms. The predicted molar refractivity (Wildman–Crippen MR) is 59.7 cm³/mol. The molecule has 0 radical (unpaired) electrons. The second-order valence-corrected chi connectivity index (χ2v) is 3.70. The molecule has 5 nitrogen and oxygen atoms in total. The zero-order valence-electron chi connectivity index (χ0n) is 8.79. The van der Waals surface area contributed by atoms with Crippen LogP contribution in [0.3, 0.4) is 0 Å². The third-order valence-corrected chi connectivity index (χ3v) is 2.44. The maximum Gasteiger partial charge on any atom is 0.229 e. The van der Waals surface area contributed by atoms with Gasteiger partial charge in [-0.3, -0.25) is 9.59 Å². The van der Waals surface area contributed by atoms with Gasteiger partial charge in [-0.1, -0.05) is 0 Å². The van der Waals surface area contributed by atoms with Gasteiger partial charge < -0.3 is 16.4 Å². The second kappa shape index (κ2) is 6.63. The van der Waals surface area contributed by atoms with E-state index in [0.717, 1.165) is 19.4 Å². The average molecular weight is 236 g/mol. The highest BCUT2D eigenvalue weighted by molar-refractivity contribution is 5.96. The van der Waals surface area contributed by atoms with Crippen molar-refractivity contribution in [3.05, 3.63) is 0 Å². The number of piperidine rings is 1. The average Bonchev–Trinajstić information content (AvgIpc) is 2.07. The quantitative estimate of drug-likeness (QED) is 0.579. The second-order valence-electron chi connectivity index (χ2n) is 3.70. The number of hydrogen-bond acceptors (Lipinski definition) is 3. The van der Waals surface area contributed by atoms with Gasteiger partial charge in [-0.05, 0) is 26.3 Å². The van der Waals surface area contributed by atoms with Crippen molar-refractivity contribution in [3.8, 4) is 0 Å². The molecule has 1 aliphatic heterocycles. The van der Waals surface area contributed by atoms with E-state index in [1.165, 1.54) is 0 Å². The van der Waals surface area contributed by atoms with Crippen molar-refractivity contribution in [2.24, 2.45) is 5.73 Å². The fourth-order valence-corrected chi connectivity index (χ4v) is 1.66. The number of halogens is 1. The Bertz CT molecular complexity index is 235. The third kappa shape index (κ3) is 4.99. The Kier molecular flexibility index (Phi) is 6.27. The lowest BCUT2D eigenvalue weighted by atomic mass is 10.00. The van der Waals surface area contributed by atoms with E-state index in [2.05, 4.69) is 10.6 Å². The molecule has 2 amide bonds. The minimum absolute atomic E-state index is 0. The molecular formula is C9H18ClN3O2. The van der Waals surface area contributed by atoms with Crippen LogP contribution in [-0.2, 0) is 9.59 Å². The van der Waals surface area contributed by atoms with Crippen LogP contribution in [0.4, 0.5) is 0 Å². The first-order valence-electron chi connectivity index (χ1n) is 4.90. The van der Waals surface area contributed by atoms with Crippen LogP contribution in [0.25, 0.3) is 0 Å². The summed E-state index contributed by atoms with van der Waals surface area (Å²) >= 11 is 0. The van der Waals surface area contributed by atoms with Crippen LogP contribution in [0.2, 0.25) is 0 Å². The third-order valence-electron chi connectivity index (χ3n) is 2.44.